The lowest BCUT2D eigenvalue weighted by atomic mass is 10.2. The van der Waals surface area contributed by atoms with Gasteiger partial charge in [-0.2, -0.15) is 13.2 Å². The summed E-state index contributed by atoms with van der Waals surface area (Å²) in [5.74, 6) is -0.783. The standard InChI is InChI=1S/C10H8F3NO/c11-10(12,13)9-2-1-7-3-6(5-14)4-8(7)15-9/h1-4H,5,14H2. The second-order valence-corrected chi connectivity index (χ2v) is 3.18. The van der Waals surface area contributed by atoms with Crippen LogP contribution in [0.4, 0.5) is 13.2 Å². The molecule has 0 spiro atoms. The summed E-state index contributed by atoms with van der Waals surface area (Å²) in [7, 11) is 0. The Labute approximate surface area is 83.8 Å². The number of hydrogen-bond donors (Lipinski definition) is 1. The molecule has 1 aliphatic carbocycles. The largest absolute Gasteiger partial charge is 0.452 e. The summed E-state index contributed by atoms with van der Waals surface area (Å²) in [5.41, 5.74) is 6.76. The van der Waals surface area contributed by atoms with Gasteiger partial charge in [-0.25, -0.2) is 0 Å². The van der Waals surface area contributed by atoms with Crippen LogP contribution >= 0.6 is 0 Å². The third-order valence-corrected chi connectivity index (χ3v) is 2.09. The molecule has 0 fully saturated rings. The van der Waals surface area contributed by atoms with Crippen molar-refractivity contribution in [2.45, 2.75) is 12.7 Å². The fourth-order valence-electron chi connectivity index (χ4n) is 1.37. The fraction of sp³-hybridized carbons (Fsp3) is 0.200. The van der Waals surface area contributed by atoms with Gasteiger partial charge in [0.15, 0.2) is 0 Å². The Hall–Kier alpha value is -1.49. The predicted octanol–water partition coefficient (Wildman–Crippen LogP) is 2.86. The third kappa shape index (κ3) is 1.83. The Kier molecular flexibility index (Phi) is 2.19. The minimum absolute atomic E-state index is 0.213. The Morgan fingerprint density at radius 1 is 1.20 bits per heavy atom. The van der Waals surface area contributed by atoms with E-state index in [4.69, 9.17) is 10.2 Å². The van der Waals surface area contributed by atoms with Gasteiger partial charge in [0.25, 0.3) is 0 Å². The van der Waals surface area contributed by atoms with E-state index in [0.29, 0.717) is 5.56 Å². The number of alkyl halides is 3. The summed E-state index contributed by atoms with van der Waals surface area (Å²) in [5, 5.41) is 0. The predicted molar refractivity (Wildman–Crippen MR) is 48.2 cm³/mol. The Morgan fingerprint density at radius 2 is 1.93 bits per heavy atom. The van der Waals surface area contributed by atoms with Crippen LogP contribution < -0.4 is 5.73 Å². The van der Waals surface area contributed by atoms with Crippen molar-refractivity contribution in [1.29, 1.82) is 0 Å². The van der Waals surface area contributed by atoms with Crippen molar-refractivity contribution < 1.29 is 17.6 Å². The zero-order valence-electron chi connectivity index (χ0n) is 7.64. The van der Waals surface area contributed by atoms with E-state index in [2.05, 4.69) is 0 Å². The molecule has 2 N–H and O–H groups in total. The topological polar surface area (TPSA) is 39.2 Å². The highest BCUT2D eigenvalue weighted by Gasteiger charge is 2.34. The molecule has 0 aromatic heterocycles. The lowest BCUT2D eigenvalue weighted by Gasteiger charge is -2.06. The average Bonchev–Trinajstić information content (AvgIpc) is 2.57. The lowest BCUT2D eigenvalue weighted by molar-refractivity contribution is -0.153. The van der Waals surface area contributed by atoms with Gasteiger partial charge >= 0.3 is 6.18 Å². The van der Waals surface area contributed by atoms with Gasteiger partial charge in [-0.3, -0.25) is 0 Å². The van der Waals surface area contributed by atoms with Crippen LogP contribution in [0.1, 0.15) is 11.3 Å². The highest BCUT2D eigenvalue weighted by atomic mass is 19.4. The van der Waals surface area contributed by atoms with Gasteiger partial charge < -0.3 is 10.2 Å². The summed E-state index contributed by atoms with van der Waals surface area (Å²) in [6.45, 7) is 0.283. The lowest BCUT2D eigenvalue weighted by Crippen LogP contribution is -2.04. The number of fused-ring (bicyclic) bond motifs is 1. The van der Waals surface area contributed by atoms with E-state index in [9.17, 15) is 13.2 Å². The second kappa shape index (κ2) is 3.27. The number of halogens is 3. The van der Waals surface area contributed by atoms with Crippen LogP contribution in [-0.4, -0.2) is 0 Å². The van der Waals surface area contributed by atoms with E-state index in [0.717, 1.165) is 11.6 Å². The molecule has 0 radical (unpaired) electrons. The van der Waals surface area contributed by atoms with Gasteiger partial charge in [-0.15, -0.1) is 0 Å². The molecule has 0 amide bonds. The highest BCUT2D eigenvalue weighted by Crippen LogP contribution is 2.34. The molecule has 0 aromatic rings. The SMILES string of the molecule is NCc1cc2ccc(C(F)(F)F)oc-2c1. The molecule has 0 saturated carbocycles. The number of rotatable bonds is 1. The van der Waals surface area contributed by atoms with Crippen molar-refractivity contribution in [3.8, 4) is 11.3 Å². The van der Waals surface area contributed by atoms with Crippen molar-refractivity contribution in [2.75, 3.05) is 0 Å². The number of hydrogen-bond acceptors (Lipinski definition) is 2. The van der Waals surface area contributed by atoms with Gasteiger partial charge in [-0.05, 0) is 29.8 Å². The minimum atomic E-state index is -4.45. The van der Waals surface area contributed by atoms with Gasteiger partial charge in [-0.1, -0.05) is 0 Å². The van der Waals surface area contributed by atoms with Crippen molar-refractivity contribution in [3.05, 3.63) is 35.6 Å². The molecule has 15 heavy (non-hydrogen) atoms. The summed E-state index contributed by atoms with van der Waals surface area (Å²) >= 11 is 0. The van der Waals surface area contributed by atoms with Crippen molar-refractivity contribution >= 4 is 0 Å². The Balaban J connectivity index is 2.52. The van der Waals surface area contributed by atoms with Crippen LogP contribution in [0.2, 0.25) is 0 Å². The minimum Gasteiger partial charge on any atom is -0.452 e. The Bertz CT molecular complexity index is 447. The van der Waals surface area contributed by atoms with Crippen molar-refractivity contribution in [2.24, 2.45) is 5.73 Å². The first kappa shape index (κ1) is 10.0. The summed E-state index contributed by atoms with van der Waals surface area (Å²) in [6, 6.07) is 5.52. The van der Waals surface area contributed by atoms with E-state index in [1.807, 2.05) is 0 Å². The van der Waals surface area contributed by atoms with E-state index >= 15 is 0 Å². The van der Waals surface area contributed by atoms with Crippen LogP contribution in [0.25, 0.3) is 11.3 Å². The normalized spacial score (nSPS) is 12.3. The monoisotopic (exact) mass is 215 g/mol. The molecule has 0 unspecified atom stereocenters. The molecule has 0 saturated heterocycles. The molecule has 2 rings (SSSR count). The van der Waals surface area contributed by atoms with Crippen LogP contribution in [0, 0.1) is 0 Å². The quantitative estimate of drug-likeness (QED) is 0.794. The molecular weight excluding hydrogens is 207 g/mol. The van der Waals surface area contributed by atoms with Gasteiger partial charge in [0.2, 0.25) is 5.76 Å². The maximum Gasteiger partial charge on any atom is 0.449 e. The Morgan fingerprint density at radius 3 is 2.53 bits per heavy atom. The first-order valence-corrected chi connectivity index (χ1v) is 4.30. The molecule has 0 bridgehead atoms. The van der Waals surface area contributed by atoms with E-state index < -0.39 is 11.9 Å². The molecule has 80 valence electrons. The molecule has 2 aliphatic rings. The van der Waals surface area contributed by atoms with Crippen LogP contribution in [0.3, 0.4) is 0 Å². The van der Waals surface area contributed by atoms with Crippen molar-refractivity contribution in [1.82, 2.24) is 0 Å². The molecule has 1 aliphatic heterocycles. The highest BCUT2D eigenvalue weighted by molar-refractivity contribution is 5.63. The van der Waals surface area contributed by atoms with Crippen molar-refractivity contribution in [3.63, 3.8) is 0 Å². The van der Waals surface area contributed by atoms with E-state index in [1.54, 1.807) is 6.07 Å². The molecular formula is C10H8F3NO. The molecule has 1 heterocycles. The first-order chi connectivity index (χ1) is 7.00. The molecule has 2 nitrogen and oxygen atoms in total. The smallest absolute Gasteiger partial charge is 0.449 e. The van der Waals surface area contributed by atoms with Crippen LogP contribution in [0.15, 0.2) is 28.7 Å². The summed E-state index contributed by atoms with van der Waals surface area (Å²) in [4.78, 5) is 0. The second-order valence-electron chi connectivity index (χ2n) is 3.18. The summed E-state index contributed by atoms with van der Waals surface area (Å²) in [6.07, 6.45) is -4.45. The zero-order chi connectivity index (χ0) is 11.1. The zero-order valence-corrected chi connectivity index (χ0v) is 7.64. The van der Waals surface area contributed by atoms with Gasteiger partial charge in [0, 0.05) is 12.1 Å². The van der Waals surface area contributed by atoms with E-state index in [1.165, 1.54) is 12.1 Å². The van der Waals surface area contributed by atoms with E-state index in [-0.39, 0.29) is 12.3 Å². The third-order valence-electron chi connectivity index (χ3n) is 2.09. The van der Waals surface area contributed by atoms with Crippen LogP contribution in [-0.2, 0) is 12.7 Å². The average molecular weight is 215 g/mol. The molecule has 5 heteroatoms. The summed E-state index contributed by atoms with van der Waals surface area (Å²) < 4.78 is 41.6. The fourth-order valence-corrected chi connectivity index (χ4v) is 1.37. The molecule has 0 aromatic carbocycles. The van der Waals surface area contributed by atoms with Crippen LogP contribution in [0.5, 0.6) is 0 Å². The molecule has 0 atom stereocenters. The maximum atomic E-state index is 12.3. The van der Waals surface area contributed by atoms with Gasteiger partial charge in [0.05, 0.1) is 0 Å². The van der Waals surface area contributed by atoms with Gasteiger partial charge in [0.1, 0.15) is 5.76 Å². The number of nitrogens with two attached hydrogens (primary N) is 1. The maximum absolute atomic E-state index is 12.3. The first-order valence-electron chi connectivity index (χ1n) is 4.30.